The van der Waals surface area contributed by atoms with Crippen LogP contribution in [-0.4, -0.2) is 44.7 Å². The molecule has 0 aliphatic carbocycles. The van der Waals surface area contributed by atoms with Crippen molar-refractivity contribution in [3.05, 3.63) is 29.8 Å². The van der Waals surface area contributed by atoms with Gasteiger partial charge in [-0.15, -0.1) is 12.4 Å². The van der Waals surface area contributed by atoms with Gasteiger partial charge in [0.25, 0.3) is 0 Å². The molecule has 1 rings (SSSR count). The van der Waals surface area contributed by atoms with Crippen LogP contribution < -0.4 is 16.4 Å². The molecular formula is C15H24ClN3O4. The quantitative estimate of drug-likeness (QED) is 0.541. The summed E-state index contributed by atoms with van der Waals surface area (Å²) >= 11 is 0. The summed E-state index contributed by atoms with van der Waals surface area (Å²) in [5, 5.41) is 5.10. The summed E-state index contributed by atoms with van der Waals surface area (Å²) in [7, 11) is 0. The van der Waals surface area contributed by atoms with Crippen LogP contribution in [0.5, 0.6) is 0 Å². The van der Waals surface area contributed by atoms with Gasteiger partial charge in [0, 0.05) is 12.3 Å². The van der Waals surface area contributed by atoms with E-state index < -0.39 is 0 Å². The molecule has 4 N–H and O–H groups in total. The van der Waals surface area contributed by atoms with Crippen molar-refractivity contribution in [2.75, 3.05) is 38.2 Å². The third-order valence-electron chi connectivity index (χ3n) is 2.69. The third kappa shape index (κ3) is 9.85. The Kier molecular flexibility index (Phi) is 11.9. The summed E-state index contributed by atoms with van der Waals surface area (Å²) in [6, 6.07) is 7.33. The minimum Gasteiger partial charge on any atom is -0.379 e. The van der Waals surface area contributed by atoms with E-state index in [1.807, 2.05) is 25.1 Å². The van der Waals surface area contributed by atoms with Crippen LogP contribution >= 0.6 is 12.4 Å². The maximum Gasteiger partial charge on any atom is 0.243 e. The summed E-state index contributed by atoms with van der Waals surface area (Å²) in [4.78, 5) is 22.6. The van der Waals surface area contributed by atoms with Crippen LogP contribution in [-0.2, 0) is 25.7 Å². The van der Waals surface area contributed by atoms with Crippen molar-refractivity contribution in [3.8, 4) is 0 Å². The van der Waals surface area contributed by atoms with Crippen LogP contribution in [0.1, 0.15) is 12.5 Å². The Morgan fingerprint density at radius 3 is 2.61 bits per heavy atom. The van der Waals surface area contributed by atoms with Gasteiger partial charge in [-0.05, 0) is 24.6 Å². The SMILES string of the molecule is CCOCCOCc1cccc(NC(=O)CNC(=O)CN)c1.Cl. The molecule has 0 heterocycles. The topological polar surface area (TPSA) is 103 Å². The molecule has 0 spiro atoms. The second-order valence-electron chi connectivity index (χ2n) is 4.48. The molecule has 0 atom stereocenters. The Morgan fingerprint density at radius 2 is 1.91 bits per heavy atom. The summed E-state index contributed by atoms with van der Waals surface area (Å²) in [5.41, 5.74) is 6.74. The number of halogens is 1. The maximum atomic E-state index is 11.7. The number of hydrogen-bond donors (Lipinski definition) is 3. The summed E-state index contributed by atoms with van der Waals surface area (Å²) < 4.78 is 10.6. The molecular weight excluding hydrogens is 322 g/mol. The van der Waals surface area contributed by atoms with Gasteiger partial charge in [0.05, 0.1) is 32.9 Å². The van der Waals surface area contributed by atoms with E-state index in [9.17, 15) is 9.59 Å². The van der Waals surface area contributed by atoms with E-state index in [1.165, 1.54) is 0 Å². The summed E-state index contributed by atoms with van der Waals surface area (Å²) in [6.07, 6.45) is 0. The lowest BCUT2D eigenvalue weighted by molar-refractivity contribution is -0.123. The molecule has 0 aliphatic heterocycles. The van der Waals surface area contributed by atoms with Gasteiger partial charge in [-0.1, -0.05) is 12.1 Å². The number of nitrogens with two attached hydrogens (primary N) is 1. The van der Waals surface area contributed by atoms with Crippen molar-refractivity contribution in [1.82, 2.24) is 5.32 Å². The second kappa shape index (κ2) is 12.8. The number of hydrogen-bond acceptors (Lipinski definition) is 5. The molecule has 0 fully saturated rings. The fraction of sp³-hybridized carbons (Fsp3) is 0.467. The van der Waals surface area contributed by atoms with Gasteiger partial charge in [0.2, 0.25) is 11.8 Å². The number of ether oxygens (including phenoxy) is 2. The lowest BCUT2D eigenvalue weighted by Crippen LogP contribution is -2.36. The van der Waals surface area contributed by atoms with Gasteiger partial charge >= 0.3 is 0 Å². The van der Waals surface area contributed by atoms with Crippen LogP contribution in [0.4, 0.5) is 5.69 Å². The molecule has 0 saturated carbocycles. The highest BCUT2D eigenvalue weighted by Gasteiger charge is 2.05. The molecule has 0 saturated heterocycles. The largest absolute Gasteiger partial charge is 0.379 e. The first kappa shape index (κ1) is 21.3. The van der Waals surface area contributed by atoms with Crippen LogP contribution in [0.3, 0.4) is 0 Å². The number of amides is 2. The minimum absolute atomic E-state index is 0. The van der Waals surface area contributed by atoms with Crippen LogP contribution in [0.15, 0.2) is 24.3 Å². The first-order chi connectivity index (χ1) is 10.7. The summed E-state index contributed by atoms with van der Waals surface area (Å²) in [6.45, 7) is 3.89. The molecule has 1 aromatic rings. The van der Waals surface area contributed by atoms with E-state index in [4.69, 9.17) is 15.2 Å². The third-order valence-corrected chi connectivity index (χ3v) is 2.69. The molecule has 0 radical (unpaired) electrons. The Bertz CT molecular complexity index is 486. The Labute approximate surface area is 142 Å². The Morgan fingerprint density at radius 1 is 1.17 bits per heavy atom. The molecule has 23 heavy (non-hydrogen) atoms. The predicted octanol–water partition coefficient (Wildman–Crippen LogP) is 0.675. The monoisotopic (exact) mass is 345 g/mol. The molecule has 8 heteroatoms. The fourth-order valence-electron chi connectivity index (χ4n) is 1.65. The van der Waals surface area contributed by atoms with Crippen molar-refractivity contribution >= 4 is 29.9 Å². The van der Waals surface area contributed by atoms with Gasteiger partial charge in [0.15, 0.2) is 0 Å². The highest BCUT2D eigenvalue weighted by molar-refractivity contribution is 5.94. The molecule has 0 aliphatic rings. The second-order valence-corrected chi connectivity index (χ2v) is 4.48. The fourth-order valence-corrected chi connectivity index (χ4v) is 1.65. The molecule has 1 aromatic carbocycles. The number of anilines is 1. The van der Waals surface area contributed by atoms with E-state index in [2.05, 4.69) is 10.6 Å². The minimum atomic E-state index is -0.369. The van der Waals surface area contributed by atoms with Gasteiger partial charge in [-0.3, -0.25) is 9.59 Å². The van der Waals surface area contributed by atoms with Gasteiger partial charge in [-0.25, -0.2) is 0 Å². The van der Waals surface area contributed by atoms with Crippen molar-refractivity contribution in [2.45, 2.75) is 13.5 Å². The average Bonchev–Trinajstić information content (AvgIpc) is 2.52. The molecule has 0 unspecified atom stereocenters. The molecule has 2 amide bonds. The number of carbonyl (C=O) groups is 2. The van der Waals surface area contributed by atoms with Gasteiger partial charge in [-0.2, -0.15) is 0 Å². The lowest BCUT2D eigenvalue weighted by atomic mass is 10.2. The first-order valence-electron chi connectivity index (χ1n) is 7.16. The van der Waals surface area contributed by atoms with Crippen molar-refractivity contribution in [1.29, 1.82) is 0 Å². The molecule has 0 bridgehead atoms. The van der Waals surface area contributed by atoms with Crippen molar-refractivity contribution < 1.29 is 19.1 Å². The highest BCUT2D eigenvalue weighted by atomic mass is 35.5. The zero-order valence-electron chi connectivity index (χ0n) is 13.2. The maximum absolute atomic E-state index is 11.7. The van der Waals surface area contributed by atoms with E-state index in [1.54, 1.807) is 6.07 Å². The molecule has 130 valence electrons. The molecule has 0 aromatic heterocycles. The molecule has 7 nitrogen and oxygen atoms in total. The van der Waals surface area contributed by atoms with Gasteiger partial charge in [0.1, 0.15) is 0 Å². The van der Waals surface area contributed by atoms with E-state index in [-0.39, 0.29) is 37.3 Å². The number of carbonyl (C=O) groups excluding carboxylic acids is 2. The zero-order chi connectivity index (χ0) is 16.2. The van der Waals surface area contributed by atoms with Crippen molar-refractivity contribution in [3.63, 3.8) is 0 Å². The van der Waals surface area contributed by atoms with Crippen LogP contribution in [0, 0.1) is 0 Å². The standard InChI is InChI=1S/C15H23N3O4.ClH/c1-2-21-6-7-22-11-12-4-3-5-13(8-12)18-15(20)10-17-14(19)9-16;/h3-5,8H,2,6-7,9-11,16H2,1H3,(H,17,19)(H,18,20);1H. The van der Waals surface area contributed by atoms with Gasteiger partial charge < -0.3 is 25.8 Å². The van der Waals surface area contributed by atoms with Crippen LogP contribution in [0.2, 0.25) is 0 Å². The smallest absolute Gasteiger partial charge is 0.243 e. The van der Waals surface area contributed by atoms with Crippen LogP contribution in [0.25, 0.3) is 0 Å². The van der Waals surface area contributed by atoms with Crippen molar-refractivity contribution in [2.24, 2.45) is 5.73 Å². The van der Waals surface area contributed by atoms with E-state index >= 15 is 0 Å². The number of rotatable bonds is 10. The van der Waals surface area contributed by atoms with E-state index in [0.29, 0.717) is 32.1 Å². The number of nitrogens with one attached hydrogen (secondary N) is 2. The lowest BCUT2D eigenvalue weighted by Gasteiger charge is -2.09. The average molecular weight is 346 g/mol. The highest BCUT2D eigenvalue weighted by Crippen LogP contribution is 2.11. The summed E-state index contributed by atoms with van der Waals surface area (Å²) in [5.74, 6) is -0.678. The number of benzene rings is 1. The predicted molar refractivity (Wildman–Crippen MR) is 90.5 cm³/mol. The normalized spacial score (nSPS) is 9.83. The Hall–Kier alpha value is -1.67. The van der Waals surface area contributed by atoms with E-state index in [0.717, 1.165) is 5.56 Å². The Balaban J connectivity index is 0.00000484. The first-order valence-corrected chi connectivity index (χ1v) is 7.16. The zero-order valence-corrected chi connectivity index (χ0v) is 14.0.